The Morgan fingerprint density at radius 3 is 2.46 bits per heavy atom. The molecular weight excluding hydrogens is 581 g/mol. The summed E-state index contributed by atoms with van der Waals surface area (Å²) in [4.78, 5) is 42.0. The van der Waals surface area contributed by atoms with E-state index in [4.69, 9.17) is 27.9 Å². The number of thioether (sulfide) groups is 1. The Kier molecular flexibility index (Phi) is 10.0. The van der Waals surface area contributed by atoms with Gasteiger partial charge in [0.15, 0.2) is 0 Å². The number of hydrogen-bond donors (Lipinski definition) is 1. The van der Waals surface area contributed by atoms with E-state index in [0.717, 1.165) is 52.1 Å². The van der Waals surface area contributed by atoms with Crippen molar-refractivity contribution >= 4 is 69.5 Å². The molecular formula is C31H31Cl2N3O4S. The van der Waals surface area contributed by atoms with Crippen molar-refractivity contribution in [1.82, 2.24) is 4.90 Å². The van der Waals surface area contributed by atoms with Crippen molar-refractivity contribution in [3.05, 3.63) is 91.8 Å². The zero-order valence-electron chi connectivity index (χ0n) is 23.3. The average Bonchev–Trinajstić information content (AvgIpc) is 3.18. The summed E-state index contributed by atoms with van der Waals surface area (Å²) in [5.74, 6) is -0.456. The zero-order valence-corrected chi connectivity index (χ0v) is 25.6. The van der Waals surface area contributed by atoms with Crippen LogP contribution in [-0.2, 0) is 16.2 Å². The monoisotopic (exact) mass is 611 g/mol. The molecule has 1 N–H and O–H groups in total. The van der Waals surface area contributed by atoms with E-state index in [1.165, 1.54) is 0 Å². The summed E-state index contributed by atoms with van der Waals surface area (Å²) < 4.78 is 6.19. The molecule has 1 aliphatic rings. The van der Waals surface area contributed by atoms with E-state index in [1.807, 2.05) is 44.2 Å². The summed E-state index contributed by atoms with van der Waals surface area (Å²) in [6.45, 7) is 9.40. The normalized spacial score (nSPS) is 14.1. The molecule has 0 spiro atoms. The van der Waals surface area contributed by atoms with Crippen LogP contribution >= 0.6 is 35.0 Å². The molecule has 0 bridgehead atoms. The number of aryl methyl sites for hydroxylation is 2. The van der Waals surface area contributed by atoms with E-state index in [2.05, 4.69) is 24.1 Å². The molecule has 0 saturated carbocycles. The van der Waals surface area contributed by atoms with Crippen molar-refractivity contribution in [2.45, 2.75) is 34.3 Å². The van der Waals surface area contributed by atoms with Gasteiger partial charge < -0.3 is 15.0 Å². The van der Waals surface area contributed by atoms with Crippen LogP contribution in [0.15, 0.2) is 59.5 Å². The summed E-state index contributed by atoms with van der Waals surface area (Å²) >= 11 is 13.2. The first-order valence-electron chi connectivity index (χ1n) is 13.2. The number of nitrogens with zero attached hydrogens (tertiary/aromatic N) is 2. The van der Waals surface area contributed by atoms with E-state index in [-0.39, 0.29) is 18.1 Å². The Labute approximate surface area is 254 Å². The number of ether oxygens (including phenoxy) is 1. The first kappa shape index (κ1) is 30.5. The summed E-state index contributed by atoms with van der Waals surface area (Å²) in [5.41, 5.74) is 4.94. The SMILES string of the molecule is CCN(CC)c1ccc(/C=C2/SC(=O)N(CC(=O)Nc3ccc(C)cc3C)C2=O)c(OCc2ccc(Cl)cc2Cl)c1. The number of carbonyl (C=O) groups excluding carboxylic acids is 3. The number of anilines is 2. The van der Waals surface area contributed by atoms with Crippen molar-refractivity contribution in [3.63, 3.8) is 0 Å². The number of nitrogens with one attached hydrogen (secondary N) is 1. The van der Waals surface area contributed by atoms with Crippen molar-refractivity contribution in [1.29, 1.82) is 0 Å². The van der Waals surface area contributed by atoms with Crippen molar-refractivity contribution in [2.24, 2.45) is 0 Å². The third-order valence-corrected chi connectivity index (χ3v) is 8.14. The van der Waals surface area contributed by atoms with Gasteiger partial charge in [0.25, 0.3) is 11.1 Å². The third-order valence-electron chi connectivity index (χ3n) is 6.64. The Balaban J connectivity index is 1.56. The minimum atomic E-state index is -0.532. The van der Waals surface area contributed by atoms with E-state index in [0.29, 0.717) is 27.0 Å². The summed E-state index contributed by atoms with van der Waals surface area (Å²) in [5, 5.41) is 3.30. The minimum Gasteiger partial charge on any atom is -0.488 e. The van der Waals surface area contributed by atoms with Crippen LogP contribution in [0, 0.1) is 13.8 Å². The van der Waals surface area contributed by atoms with Crippen molar-refractivity contribution < 1.29 is 19.1 Å². The highest BCUT2D eigenvalue weighted by molar-refractivity contribution is 8.18. The lowest BCUT2D eigenvalue weighted by Crippen LogP contribution is -2.36. The highest BCUT2D eigenvalue weighted by Gasteiger charge is 2.36. The number of amides is 3. The van der Waals surface area contributed by atoms with Gasteiger partial charge >= 0.3 is 0 Å². The third kappa shape index (κ3) is 7.44. The highest BCUT2D eigenvalue weighted by Crippen LogP contribution is 2.36. The first-order chi connectivity index (χ1) is 19.6. The smallest absolute Gasteiger partial charge is 0.294 e. The molecule has 0 aliphatic carbocycles. The quantitative estimate of drug-likeness (QED) is 0.236. The van der Waals surface area contributed by atoms with Gasteiger partial charge in [0.05, 0.1) is 4.91 Å². The Morgan fingerprint density at radius 1 is 1.02 bits per heavy atom. The summed E-state index contributed by atoms with van der Waals surface area (Å²) in [7, 11) is 0. The van der Waals surface area contributed by atoms with Crippen LogP contribution in [-0.4, -0.2) is 41.6 Å². The second-order valence-corrected chi connectivity index (χ2v) is 11.4. The number of carbonyl (C=O) groups is 3. The molecule has 41 heavy (non-hydrogen) atoms. The first-order valence-corrected chi connectivity index (χ1v) is 14.7. The van der Waals surface area contributed by atoms with Gasteiger partial charge in [0, 0.05) is 51.7 Å². The molecule has 0 atom stereocenters. The van der Waals surface area contributed by atoms with Crippen LogP contribution in [0.4, 0.5) is 16.2 Å². The maximum atomic E-state index is 13.2. The topological polar surface area (TPSA) is 79.0 Å². The average molecular weight is 613 g/mol. The van der Waals surface area contributed by atoms with Gasteiger partial charge in [-0.25, -0.2) is 0 Å². The van der Waals surface area contributed by atoms with E-state index in [1.54, 1.807) is 30.3 Å². The molecule has 3 aromatic carbocycles. The molecule has 0 radical (unpaired) electrons. The Hall–Kier alpha value is -3.46. The highest BCUT2D eigenvalue weighted by atomic mass is 35.5. The fourth-order valence-corrected chi connectivity index (χ4v) is 5.70. The summed E-state index contributed by atoms with van der Waals surface area (Å²) in [6.07, 6.45) is 1.62. The van der Waals surface area contributed by atoms with Gasteiger partial charge in [-0.2, -0.15) is 0 Å². The van der Waals surface area contributed by atoms with Gasteiger partial charge in [-0.05, 0) is 81.4 Å². The van der Waals surface area contributed by atoms with Crippen LogP contribution in [0.1, 0.15) is 36.1 Å². The number of imide groups is 1. The van der Waals surface area contributed by atoms with E-state index < -0.39 is 17.1 Å². The maximum Gasteiger partial charge on any atom is 0.294 e. The van der Waals surface area contributed by atoms with Crippen molar-refractivity contribution in [3.8, 4) is 5.75 Å². The Morgan fingerprint density at radius 2 is 1.78 bits per heavy atom. The standard InChI is InChI=1S/C31H31Cl2N3O4S/c1-5-35(6-2)24-11-9-21(27(16-24)40-18-22-8-10-23(32)15-25(22)33)14-28-30(38)36(31(39)41-28)17-29(37)34-26-12-7-19(3)13-20(26)4/h7-16H,5-6,17-18H2,1-4H3,(H,34,37)/b28-14+. The molecule has 3 amide bonds. The zero-order chi connectivity index (χ0) is 29.7. The predicted octanol–water partition coefficient (Wildman–Crippen LogP) is 7.71. The van der Waals surface area contributed by atoms with Gasteiger partial charge in [-0.3, -0.25) is 19.3 Å². The molecule has 1 aliphatic heterocycles. The molecule has 3 aromatic rings. The molecule has 1 saturated heterocycles. The fourth-order valence-electron chi connectivity index (χ4n) is 4.41. The molecule has 10 heteroatoms. The molecule has 214 valence electrons. The van der Waals surface area contributed by atoms with Gasteiger partial charge in [0.2, 0.25) is 5.91 Å². The van der Waals surface area contributed by atoms with Crippen LogP contribution < -0.4 is 15.0 Å². The van der Waals surface area contributed by atoms with Gasteiger partial charge in [-0.1, -0.05) is 47.0 Å². The van der Waals surface area contributed by atoms with Crippen LogP contribution in [0.3, 0.4) is 0 Å². The molecule has 1 heterocycles. The summed E-state index contributed by atoms with van der Waals surface area (Å²) in [6, 6.07) is 16.5. The molecule has 1 fully saturated rings. The van der Waals surface area contributed by atoms with Crippen LogP contribution in [0.25, 0.3) is 6.08 Å². The maximum absolute atomic E-state index is 13.2. The lowest BCUT2D eigenvalue weighted by Gasteiger charge is -2.22. The van der Waals surface area contributed by atoms with E-state index in [9.17, 15) is 14.4 Å². The fraction of sp³-hybridized carbons (Fsp3) is 0.258. The molecule has 0 unspecified atom stereocenters. The van der Waals surface area contributed by atoms with Gasteiger partial charge in [-0.15, -0.1) is 0 Å². The predicted molar refractivity (Wildman–Crippen MR) is 168 cm³/mol. The van der Waals surface area contributed by atoms with Crippen molar-refractivity contribution in [2.75, 3.05) is 29.9 Å². The second kappa shape index (κ2) is 13.5. The lowest BCUT2D eigenvalue weighted by molar-refractivity contribution is -0.127. The number of hydrogen-bond acceptors (Lipinski definition) is 6. The lowest BCUT2D eigenvalue weighted by atomic mass is 10.1. The largest absolute Gasteiger partial charge is 0.488 e. The van der Waals surface area contributed by atoms with Crippen LogP contribution in [0.5, 0.6) is 5.75 Å². The van der Waals surface area contributed by atoms with E-state index >= 15 is 0 Å². The number of benzene rings is 3. The molecule has 4 rings (SSSR count). The number of halogens is 2. The number of rotatable bonds is 10. The molecule has 7 nitrogen and oxygen atoms in total. The van der Waals surface area contributed by atoms with Crippen LogP contribution in [0.2, 0.25) is 10.0 Å². The van der Waals surface area contributed by atoms with Gasteiger partial charge in [0.1, 0.15) is 18.9 Å². The second-order valence-electron chi connectivity index (χ2n) is 9.55. The minimum absolute atomic E-state index is 0.179. The Bertz CT molecular complexity index is 1520. The molecule has 0 aromatic heterocycles.